The molecule has 10 heteroatoms. The Morgan fingerprint density at radius 2 is 1.72 bits per heavy atom. The Labute approximate surface area is 184 Å². The summed E-state index contributed by atoms with van der Waals surface area (Å²) >= 11 is 0. The van der Waals surface area contributed by atoms with Crippen LogP contribution in [0.4, 0.5) is 10.2 Å². The van der Waals surface area contributed by atoms with Gasteiger partial charge in [-0.15, -0.1) is 0 Å². The number of nitrogens with one attached hydrogen (secondary N) is 2. The Balaban J connectivity index is 1.46. The molecule has 0 radical (unpaired) electrons. The molecule has 1 aromatic heterocycles. The number of halogens is 1. The van der Waals surface area contributed by atoms with E-state index in [1.807, 2.05) is 30.3 Å². The van der Waals surface area contributed by atoms with Crippen molar-refractivity contribution in [3.05, 3.63) is 77.2 Å². The second kappa shape index (κ2) is 8.91. The lowest BCUT2D eigenvalue weighted by molar-refractivity contribution is -0.136. The van der Waals surface area contributed by atoms with Gasteiger partial charge in [0, 0.05) is 12.1 Å². The van der Waals surface area contributed by atoms with Crippen LogP contribution in [-0.2, 0) is 37.4 Å². The molecule has 0 bridgehead atoms. The summed E-state index contributed by atoms with van der Waals surface area (Å²) in [6.07, 6.45) is 1.41. The number of amides is 2. The topological polar surface area (TPSA) is 110 Å². The highest BCUT2D eigenvalue weighted by molar-refractivity contribution is 7.90. The van der Waals surface area contributed by atoms with Gasteiger partial charge >= 0.3 is 11.8 Å². The molecule has 0 atom stereocenters. The van der Waals surface area contributed by atoms with Crippen molar-refractivity contribution in [1.82, 2.24) is 15.1 Å². The first-order chi connectivity index (χ1) is 15.3. The third-order valence-corrected chi connectivity index (χ3v) is 6.51. The van der Waals surface area contributed by atoms with Crippen molar-refractivity contribution in [3.63, 3.8) is 0 Å². The molecule has 2 heterocycles. The largest absolute Gasteiger partial charge is 0.348 e. The van der Waals surface area contributed by atoms with Gasteiger partial charge in [-0.3, -0.25) is 9.59 Å². The number of rotatable bonds is 6. The first kappa shape index (κ1) is 21.7. The van der Waals surface area contributed by atoms with Gasteiger partial charge in [0.15, 0.2) is 9.84 Å². The number of carbonyl (C=O) groups excluding carboxylic acids is 2. The van der Waals surface area contributed by atoms with E-state index in [4.69, 9.17) is 0 Å². The standard InChI is InChI=1S/C22H21FN4O4S/c23-16-8-10-17(11-9-16)27-20(18-13-32(30,31)14-19(18)26-27)25-22(29)21(28)24-12-4-7-15-5-2-1-3-6-15/h1-3,5-6,8-11H,4,7,12-14H2,(H,24,28)(H,25,29). The zero-order valence-corrected chi connectivity index (χ0v) is 17.9. The molecule has 1 aliphatic rings. The van der Waals surface area contributed by atoms with Gasteiger partial charge < -0.3 is 10.6 Å². The zero-order chi connectivity index (χ0) is 22.7. The molecule has 0 fully saturated rings. The fourth-order valence-corrected chi connectivity index (χ4v) is 5.02. The summed E-state index contributed by atoms with van der Waals surface area (Å²) in [7, 11) is -3.38. The minimum Gasteiger partial charge on any atom is -0.348 e. The van der Waals surface area contributed by atoms with Gasteiger partial charge in [-0.05, 0) is 42.7 Å². The van der Waals surface area contributed by atoms with Gasteiger partial charge in [0.25, 0.3) is 0 Å². The van der Waals surface area contributed by atoms with Crippen LogP contribution < -0.4 is 10.6 Å². The minimum atomic E-state index is -3.38. The van der Waals surface area contributed by atoms with Gasteiger partial charge in [0.1, 0.15) is 11.6 Å². The quantitative estimate of drug-likeness (QED) is 0.436. The van der Waals surface area contributed by atoms with Crippen LogP contribution in [0.15, 0.2) is 54.6 Å². The van der Waals surface area contributed by atoms with Crippen molar-refractivity contribution in [2.24, 2.45) is 0 Å². The van der Waals surface area contributed by atoms with Crippen LogP contribution in [0.3, 0.4) is 0 Å². The van der Waals surface area contributed by atoms with Crippen LogP contribution in [0.2, 0.25) is 0 Å². The number of fused-ring (bicyclic) bond motifs is 1. The SMILES string of the molecule is O=C(NCCCc1ccccc1)C(=O)Nc1c2c(nn1-c1ccc(F)cc1)CS(=O)(=O)C2. The van der Waals surface area contributed by atoms with Crippen molar-refractivity contribution in [2.75, 3.05) is 11.9 Å². The highest BCUT2D eigenvalue weighted by Crippen LogP contribution is 2.32. The third kappa shape index (κ3) is 4.86. The van der Waals surface area contributed by atoms with Gasteiger partial charge in [-0.2, -0.15) is 5.10 Å². The number of aromatic nitrogens is 2. The maximum absolute atomic E-state index is 13.3. The minimum absolute atomic E-state index is 0.0946. The average Bonchev–Trinajstić information content (AvgIpc) is 3.24. The summed E-state index contributed by atoms with van der Waals surface area (Å²) in [6, 6.07) is 15.1. The molecule has 4 rings (SSSR count). The first-order valence-electron chi connectivity index (χ1n) is 10.0. The molecule has 0 saturated heterocycles. The van der Waals surface area contributed by atoms with Crippen LogP contribution in [0.25, 0.3) is 5.69 Å². The summed E-state index contributed by atoms with van der Waals surface area (Å²) < 4.78 is 38.7. The predicted octanol–water partition coefficient (Wildman–Crippen LogP) is 2.13. The number of benzene rings is 2. The summed E-state index contributed by atoms with van der Waals surface area (Å²) in [5.41, 5.74) is 2.19. The second-order valence-corrected chi connectivity index (χ2v) is 9.56. The number of hydrogen-bond acceptors (Lipinski definition) is 5. The van der Waals surface area contributed by atoms with Gasteiger partial charge in [-0.1, -0.05) is 30.3 Å². The molecular weight excluding hydrogens is 435 g/mol. The van der Waals surface area contributed by atoms with E-state index in [1.54, 1.807) is 0 Å². The smallest absolute Gasteiger partial charge is 0.314 e. The molecule has 166 valence electrons. The van der Waals surface area contributed by atoms with E-state index in [9.17, 15) is 22.4 Å². The average molecular weight is 456 g/mol. The van der Waals surface area contributed by atoms with Gasteiger partial charge in [-0.25, -0.2) is 17.5 Å². The van der Waals surface area contributed by atoms with Crippen LogP contribution in [0, 0.1) is 5.82 Å². The van der Waals surface area contributed by atoms with Crippen LogP contribution in [-0.4, -0.2) is 36.6 Å². The predicted molar refractivity (Wildman–Crippen MR) is 116 cm³/mol. The molecular formula is C22H21FN4O4S. The molecule has 0 unspecified atom stereocenters. The Kier molecular flexibility index (Phi) is 6.04. The number of nitrogens with zero attached hydrogens (tertiary/aromatic N) is 2. The highest BCUT2D eigenvalue weighted by atomic mass is 32.2. The molecule has 1 aliphatic heterocycles. The van der Waals surface area contributed by atoms with Crippen molar-refractivity contribution in [2.45, 2.75) is 24.3 Å². The summed E-state index contributed by atoms with van der Waals surface area (Å²) in [4.78, 5) is 24.8. The molecule has 2 amide bonds. The van der Waals surface area contributed by atoms with E-state index in [2.05, 4.69) is 15.7 Å². The first-order valence-corrected chi connectivity index (χ1v) is 11.8. The van der Waals surface area contributed by atoms with Gasteiger partial charge in [0.05, 0.1) is 22.9 Å². The van der Waals surface area contributed by atoms with E-state index < -0.39 is 27.5 Å². The van der Waals surface area contributed by atoms with Crippen LogP contribution in [0.5, 0.6) is 0 Å². The highest BCUT2D eigenvalue weighted by Gasteiger charge is 2.33. The number of sulfone groups is 1. The van der Waals surface area contributed by atoms with Crippen LogP contribution >= 0.6 is 0 Å². The van der Waals surface area contributed by atoms with Crippen molar-refractivity contribution >= 4 is 27.5 Å². The number of anilines is 1. The molecule has 2 aromatic carbocycles. The lowest BCUT2D eigenvalue weighted by Gasteiger charge is -2.11. The lowest BCUT2D eigenvalue weighted by Crippen LogP contribution is -2.36. The third-order valence-electron chi connectivity index (χ3n) is 5.07. The van der Waals surface area contributed by atoms with E-state index in [0.29, 0.717) is 29.9 Å². The molecule has 2 N–H and O–H groups in total. The number of hydrogen-bond donors (Lipinski definition) is 2. The van der Waals surface area contributed by atoms with Crippen molar-refractivity contribution < 1.29 is 22.4 Å². The molecule has 0 aliphatic carbocycles. The summed E-state index contributed by atoms with van der Waals surface area (Å²) in [5, 5.41) is 9.34. The lowest BCUT2D eigenvalue weighted by atomic mass is 10.1. The fourth-order valence-electron chi connectivity index (χ4n) is 3.52. The Bertz CT molecular complexity index is 1260. The zero-order valence-electron chi connectivity index (χ0n) is 17.0. The van der Waals surface area contributed by atoms with Crippen molar-refractivity contribution in [1.29, 1.82) is 0 Å². The Morgan fingerprint density at radius 3 is 2.44 bits per heavy atom. The Morgan fingerprint density at radius 1 is 1.00 bits per heavy atom. The maximum atomic E-state index is 13.3. The second-order valence-electron chi connectivity index (χ2n) is 7.49. The van der Waals surface area contributed by atoms with E-state index in [-0.39, 0.29) is 17.3 Å². The number of aryl methyl sites for hydroxylation is 1. The molecule has 0 saturated carbocycles. The molecule has 8 nitrogen and oxygen atoms in total. The summed E-state index contributed by atoms with van der Waals surface area (Å²) in [5.74, 6) is -2.67. The maximum Gasteiger partial charge on any atom is 0.314 e. The molecule has 0 spiro atoms. The molecule has 3 aromatic rings. The van der Waals surface area contributed by atoms with Gasteiger partial charge in [0.2, 0.25) is 0 Å². The van der Waals surface area contributed by atoms with E-state index in [0.717, 1.165) is 12.0 Å². The number of carbonyl (C=O) groups is 2. The summed E-state index contributed by atoms with van der Waals surface area (Å²) in [6.45, 7) is 0.310. The van der Waals surface area contributed by atoms with Crippen LogP contribution in [0.1, 0.15) is 23.2 Å². The monoisotopic (exact) mass is 456 g/mol. The Hall–Kier alpha value is -3.53. The van der Waals surface area contributed by atoms with E-state index in [1.165, 1.54) is 28.9 Å². The normalized spacial score (nSPS) is 14.0. The molecule has 32 heavy (non-hydrogen) atoms. The van der Waals surface area contributed by atoms with Crippen molar-refractivity contribution in [3.8, 4) is 5.69 Å². The van der Waals surface area contributed by atoms with E-state index >= 15 is 0 Å². The fraction of sp³-hybridized carbons (Fsp3) is 0.227.